The van der Waals surface area contributed by atoms with Crippen molar-refractivity contribution in [3.63, 3.8) is 0 Å². The van der Waals surface area contributed by atoms with Gasteiger partial charge in [-0.25, -0.2) is 4.98 Å². The fourth-order valence-electron chi connectivity index (χ4n) is 4.16. The predicted molar refractivity (Wildman–Crippen MR) is 106 cm³/mol. The number of aromatic nitrogens is 2. The third kappa shape index (κ3) is 3.30. The molecule has 1 N–H and O–H groups in total. The number of nitrogens with zero attached hydrogens (tertiary/aromatic N) is 3. The van der Waals surface area contributed by atoms with Crippen LogP contribution in [0.4, 0.5) is 0 Å². The van der Waals surface area contributed by atoms with E-state index in [1.54, 1.807) is 0 Å². The summed E-state index contributed by atoms with van der Waals surface area (Å²) in [5.74, 6) is 2.06. The Morgan fingerprint density at radius 3 is 2.86 bits per heavy atom. The van der Waals surface area contributed by atoms with Gasteiger partial charge in [-0.15, -0.1) is 0 Å². The van der Waals surface area contributed by atoms with Crippen LogP contribution in [0.2, 0.25) is 0 Å². The number of nitrogens with one attached hydrogen (secondary N) is 1. The molecule has 3 aromatic rings. The summed E-state index contributed by atoms with van der Waals surface area (Å²) < 4.78 is 11.1. The van der Waals surface area contributed by atoms with Crippen molar-refractivity contribution in [2.45, 2.75) is 33.6 Å². The van der Waals surface area contributed by atoms with Crippen LogP contribution in [0.15, 0.2) is 21.1 Å². The standard InChI is InChI=1S/C21H26N4O3/c1-12-8-16(14(3)27-12)18-9-17(19-13(2)24-28-20(19)23-18)21(26)25-7-5-6-15(11-25)10-22-4/h8-9,15,22H,5-7,10-11H2,1-4H3. The third-order valence-electron chi connectivity index (χ3n) is 5.46. The highest BCUT2D eigenvalue weighted by molar-refractivity contribution is 6.07. The van der Waals surface area contributed by atoms with Gasteiger partial charge in [0.15, 0.2) is 0 Å². The Morgan fingerprint density at radius 2 is 2.14 bits per heavy atom. The molecule has 0 spiro atoms. The minimum Gasteiger partial charge on any atom is -0.466 e. The maximum atomic E-state index is 13.5. The van der Waals surface area contributed by atoms with Crippen molar-refractivity contribution in [1.29, 1.82) is 0 Å². The number of carbonyl (C=O) groups is 1. The van der Waals surface area contributed by atoms with Gasteiger partial charge in [-0.05, 0) is 65.3 Å². The Labute approximate surface area is 164 Å². The van der Waals surface area contributed by atoms with E-state index in [-0.39, 0.29) is 5.91 Å². The Kier molecular flexibility index (Phi) is 4.93. The number of piperidine rings is 1. The van der Waals surface area contributed by atoms with Gasteiger partial charge in [0.1, 0.15) is 11.5 Å². The van der Waals surface area contributed by atoms with Crippen molar-refractivity contribution in [2.75, 3.05) is 26.7 Å². The highest BCUT2D eigenvalue weighted by Gasteiger charge is 2.28. The van der Waals surface area contributed by atoms with Crippen LogP contribution in [0.5, 0.6) is 0 Å². The summed E-state index contributed by atoms with van der Waals surface area (Å²) in [6.07, 6.45) is 2.16. The van der Waals surface area contributed by atoms with Crippen LogP contribution in [0.3, 0.4) is 0 Å². The maximum absolute atomic E-state index is 13.5. The molecule has 1 saturated heterocycles. The van der Waals surface area contributed by atoms with Crippen molar-refractivity contribution in [2.24, 2.45) is 5.92 Å². The van der Waals surface area contributed by atoms with Crippen LogP contribution in [-0.2, 0) is 0 Å². The first-order valence-corrected chi connectivity index (χ1v) is 9.76. The largest absolute Gasteiger partial charge is 0.466 e. The zero-order valence-corrected chi connectivity index (χ0v) is 16.8. The molecule has 1 aliphatic heterocycles. The number of hydrogen-bond donors (Lipinski definition) is 1. The number of carbonyl (C=O) groups excluding carboxylic acids is 1. The SMILES string of the molecule is CNCC1CCCN(C(=O)c2cc(-c3cc(C)oc3C)nc3onc(C)c23)C1. The van der Waals surface area contributed by atoms with Gasteiger partial charge in [-0.3, -0.25) is 4.79 Å². The number of hydrogen-bond acceptors (Lipinski definition) is 6. The number of aryl methyl sites for hydroxylation is 3. The molecular formula is C21H26N4O3. The Hall–Kier alpha value is -2.67. The molecule has 4 rings (SSSR count). The fourth-order valence-corrected chi connectivity index (χ4v) is 4.16. The maximum Gasteiger partial charge on any atom is 0.259 e. The molecule has 1 atom stereocenters. The van der Waals surface area contributed by atoms with E-state index in [1.807, 2.05) is 44.9 Å². The van der Waals surface area contributed by atoms with Gasteiger partial charge in [0.05, 0.1) is 22.3 Å². The number of likely N-dealkylation sites (tertiary alicyclic amines) is 1. The Balaban J connectivity index is 1.77. The lowest BCUT2D eigenvalue weighted by Crippen LogP contribution is -2.42. The van der Waals surface area contributed by atoms with Crippen LogP contribution in [0.1, 0.15) is 40.4 Å². The van der Waals surface area contributed by atoms with Crippen LogP contribution >= 0.6 is 0 Å². The summed E-state index contributed by atoms with van der Waals surface area (Å²) in [7, 11) is 1.95. The first kappa shape index (κ1) is 18.7. The van der Waals surface area contributed by atoms with Crippen molar-refractivity contribution < 1.29 is 13.7 Å². The van der Waals surface area contributed by atoms with Crippen LogP contribution in [0.25, 0.3) is 22.4 Å². The summed E-state index contributed by atoms with van der Waals surface area (Å²) in [6.45, 7) is 8.08. The van der Waals surface area contributed by atoms with Crippen molar-refractivity contribution in [3.8, 4) is 11.3 Å². The van der Waals surface area contributed by atoms with Gasteiger partial charge in [0.25, 0.3) is 11.6 Å². The van der Waals surface area contributed by atoms with E-state index in [0.29, 0.717) is 34.0 Å². The van der Waals surface area contributed by atoms with Gasteiger partial charge in [-0.1, -0.05) is 5.16 Å². The highest BCUT2D eigenvalue weighted by Crippen LogP contribution is 2.31. The van der Waals surface area contributed by atoms with Crippen LogP contribution in [-0.4, -0.2) is 47.6 Å². The van der Waals surface area contributed by atoms with Gasteiger partial charge in [-0.2, -0.15) is 0 Å². The van der Waals surface area contributed by atoms with Crippen molar-refractivity contribution in [1.82, 2.24) is 20.4 Å². The smallest absolute Gasteiger partial charge is 0.259 e. The molecule has 0 saturated carbocycles. The average Bonchev–Trinajstić information content (AvgIpc) is 3.22. The van der Waals surface area contributed by atoms with Crippen LogP contribution in [0, 0.1) is 26.7 Å². The number of fused-ring (bicyclic) bond motifs is 1. The monoisotopic (exact) mass is 382 g/mol. The molecule has 1 fully saturated rings. The summed E-state index contributed by atoms with van der Waals surface area (Å²) in [5, 5.41) is 7.97. The van der Waals surface area contributed by atoms with Gasteiger partial charge in [0.2, 0.25) is 0 Å². The zero-order valence-electron chi connectivity index (χ0n) is 16.8. The van der Waals surface area contributed by atoms with Gasteiger partial charge >= 0.3 is 0 Å². The number of amides is 1. The van der Waals surface area contributed by atoms with E-state index in [9.17, 15) is 4.79 Å². The van der Waals surface area contributed by atoms with E-state index in [2.05, 4.69) is 15.5 Å². The Bertz CT molecular complexity index is 1020. The van der Waals surface area contributed by atoms with E-state index in [4.69, 9.17) is 8.94 Å². The fraction of sp³-hybridized carbons (Fsp3) is 0.476. The molecular weight excluding hydrogens is 356 g/mol. The highest BCUT2D eigenvalue weighted by atomic mass is 16.5. The summed E-state index contributed by atoms with van der Waals surface area (Å²) >= 11 is 0. The number of furan rings is 1. The second-order valence-electron chi connectivity index (χ2n) is 7.65. The molecule has 7 heteroatoms. The Morgan fingerprint density at radius 1 is 1.32 bits per heavy atom. The van der Waals surface area contributed by atoms with Crippen LogP contribution < -0.4 is 5.32 Å². The number of pyridine rings is 1. The first-order valence-electron chi connectivity index (χ1n) is 9.76. The molecule has 7 nitrogen and oxygen atoms in total. The average molecular weight is 382 g/mol. The predicted octanol–water partition coefficient (Wildman–Crippen LogP) is 3.48. The molecule has 4 heterocycles. The van der Waals surface area contributed by atoms with Crippen molar-refractivity contribution in [3.05, 3.63) is 34.9 Å². The second kappa shape index (κ2) is 7.39. The molecule has 0 aliphatic carbocycles. The molecule has 3 aromatic heterocycles. The molecule has 0 aromatic carbocycles. The summed E-state index contributed by atoms with van der Waals surface area (Å²) in [4.78, 5) is 20.0. The second-order valence-corrected chi connectivity index (χ2v) is 7.65. The van der Waals surface area contributed by atoms with E-state index in [0.717, 1.165) is 49.6 Å². The lowest BCUT2D eigenvalue weighted by molar-refractivity contribution is 0.0676. The molecule has 0 radical (unpaired) electrons. The molecule has 1 unspecified atom stereocenters. The quantitative estimate of drug-likeness (QED) is 0.744. The molecule has 1 aliphatic rings. The van der Waals surface area contributed by atoms with E-state index >= 15 is 0 Å². The van der Waals surface area contributed by atoms with E-state index in [1.165, 1.54) is 0 Å². The molecule has 148 valence electrons. The molecule has 1 amide bonds. The summed E-state index contributed by atoms with van der Waals surface area (Å²) in [5.41, 5.74) is 3.21. The summed E-state index contributed by atoms with van der Waals surface area (Å²) in [6, 6.07) is 3.79. The number of rotatable bonds is 4. The minimum absolute atomic E-state index is 0.0126. The molecule has 28 heavy (non-hydrogen) atoms. The lowest BCUT2D eigenvalue weighted by atomic mass is 9.96. The topological polar surface area (TPSA) is 84.4 Å². The molecule has 0 bridgehead atoms. The third-order valence-corrected chi connectivity index (χ3v) is 5.46. The lowest BCUT2D eigenvalue weighted by Gasteiger charge is -2.33. The van der Waals surface area contributed by atoms with Crippen molar-refractivity contribution >= 4 is 17.0 Å². The zero-order chi connectivity index (χ0) is 19.8. The minimum atomic E-state index is 0.0126. The normalized spacial score (nSPS) is 17.4. The van der Waals surface area contributed by atoms with E-state index < -0.39 is 0 Å². The van der Waals surface area contributed by atoms with Gasteiger partial charge < -0.3 is 19.2 Å². The first-order chi connectivity index (χ1) is 13.5. The van der Waals surface area contributed by atoms with Gasteiger partial charge in [0, 0.05) is 18.7 Å².